The highest BCUT2D eigenvalue weighted by Gasteiger charge is 1.84. The van der Waals surface area contributed by atoms with Crippen LogP contribution in [0.3, 0.4) is 0 Å². The second kappa shape index (κ2) is 3.25. The van der Waals surface area contributed by atoms with Crippen LogP contribution < -0.4 is 5.73 Å². The Morgan fingerprint density at radius 1 is 1.11 bits per heavy atom. The van der Waals surface area contributed by atoms with Gasteiger partial charge in [0, 0.05) is 0 Å². The van der Waals surface area contributed by atoms with E-state index in [0.29, 0.717) is 0 Å². The van der Waals surface area contributed by atoms with Crippen molar-refractivity contribution in [3.05, 3.63) is 35.9 Å². The summed E-state index contributed by atoms with van der Waals surface area (Å²) in [5, 5.41) is 0. The fraction of sp³-hybridized carbons (Fsp3) is 0.250. The number of hydrogen-bond donors (Lipinski definition) is 1. The highest BCUT2D eigenvalue weighted by atomic mass is 14.6. The first-order chi connectivity index (χ1) is 4.43. The van der Waals surface area contributed by atoms with Crippen LogP contribution in [-0.4, -0.2) is 6.54 Å². The Bertz CT molecular complexity index is 157. The molecule has 0 atom stereocenters. The van der Waals surface area contributed by atoms with Crippen molar-refractivity contribution in [1.29, 1.82) is 0 Å². The van der Waals surface area contributed by atoms with Crippen LogP contribution in [-0.2, 0) is 6.42 Å². The molecule has 0 bridgehead atoms. The van der Waals surface area contributed by atoms with Gasteiger partial charge >= 0.3 is 0 Å². The second-order valence-electron chi connectivity index (χ2n) is 2.02. The van der Waals surface area contributed by atoms with Crippen LogP contribution >= 0.6 is 0 Å². The lowest BCUT2D eigenvalue weighted by Gasteiger charge is -1.93. The van der Waals surface area contributed by atoms with Gasteiger partial charge in [-0.25, -0.2) is 0 Å². The number of nitrogens with two attached hydrogens (primary N) is 1. The topological polar surface area (TPSA) is 26.0 Å². The summed E-state index contributed by atoms with van der Waals surface area (Å²) in [4.78, 5) is 0. The third kappa shape index (κ3) is 1.86. The van der Waals surface area contributed by atoms with E-state index >= 15 is 0 Å². The Labute approximate surface area is 55.5 Å². The molecular weight excluding hydrogens is 111 g/mol. The largest absolute Gasteiger partial charge is 0.330 e. The van der Waals surface area contributed by atoms with Gasteiger partial charge in [0.1, 0.15) is 0 Å². The minimum Gasteiger partial charge on any atom is -0.330 e. The van der Waals surface area contributed by atoms with Gasteiger partial charge in [-0.15, -0.1) is 0 Å². The fourth-order valence-corrected chi connectivity index (χ4v) is 0.811. The standard InChI is InChI=1S/C8H11N/c9-7-6-8-4-2-1-3-5-8/h1-5H,6-7,9H2/i6+1. The summed E-state index contributed by atoms with van der Waals surface area (Å²) in [6.07, 6.45) is 0.987. The first-order valence-electron chi connectivity index (χ1n) is 3.17. The molecule has 1 nitrogen and oxygen atoms in total. The number of rotatable bonds is 2. The summed E-state index contributed by atoms with van der Waals surface area (Å²) in [7, 11) is 0. The average molecular weight is 122 g/mol. The van der Waals surface area contributed by atoms with Crippen LogP contribution in [0.2, 0.25) is 0 Å². The lowest BCUT2D eigenvalue weighted by molar-refractivity contribution is 0.969. The molecule has 0 amide bonds. The summed E-state index contributed by atoms with van der Waals surface area (Å²) in [6, 6.07) is 10.3. The lowest BCUT2D eigenvalue weighted by Crippen LogP contribution is -2.01. The third-order valence-electron chi connectivity index (χ3n) is 1.28. The van der Waals surface area contributed by atoms with Crippen LogP contribution in [0.15, 0.2) is 30.3 Å². The van der Waals surface area contributed by atoms with E-state index in [2.05, 4.69) is 12.1 Å². The third-order valence-corrected chi connectivity index (χ3v) is 1.28. The second-order valence-corrected chi connectivity index (χ2v) is 2.02. The molecule has 0 aliphatic carbocycles. The van der Waals surface area contributed by atoms with Crippen molar-refractivity contribution >= 4 is 0 Å². The SMILES string of the molecule is NC[13CH2]c1ccccc1. The predicted molar refractivity (Wildman–Crippen MR) is 39.2 cm³/mol. The van der Waals surface area contributed by atoms with E-state index in [4.69, 9.17) is 5.73 Å². The normalized spacial score (nSPS) is 9.44. The molecule has 0 aliphatic heterocycles. The summed E-state index contributed by atoms with van der Waals surface area (Å²) < 4.78 is 0. The van der Waals surface area contributed by atoms with E-state index < -0.39 is 0 Å². The Balaban J connectivity index is 2.61. The van der Waals surface area contributed by atoms with Gasteiger partial charge in [0.25, 0.3) is 0 Å². The van der Waals surface area contributed by atoms with Gasteiger partial charge < -0.3 is 5.73 Å². The number of hydrogen-bond acceptors (Lipinski definition) is 1. The van der Waals surface area contributed by atoms with E-state index in [1.54, 1.807) is 0 Å². The van der Waals surface area contributed by atoms with Crippen LogP contribution in [0.1, 0.15) is 5.56 Å². The maximum absolute atomic E-state index is 5.36. The molecule has 0 radical (unpaired) electrons. The highest BCUT2D eigenvalue weighted by Crippen LogP contribution is 1.96. The Kier molecular flexibility index (Phi) is 2.28. The van der Waals surface area contributed by atoms with Crippen LogP contribution in [0.25, 0.3) is 0 Å². The van der Waals surface area contributed by atoms with E-state index in [1.807, 2.05) is 18.2 Å². The molecular formula is C8H11N. The van der Waals surface area contributed by atoms with Crippen molar-refractivity contribution < 1.29 is 0 Å². The maximum atomic E-state index is 5.36. The molecule has 2 N–H and O–H groups in total. The molecule has 0 unspecified atom stereocenters. The van der Waals surface area contributed by atoms with Crippen molar-refractivity contribution in [2.45, 2.75) is 6.42 Å². The summed E-state index contributed by atoms with van der Waals surface area (Å²) in [6.45, 7) is 0.740. The summed E-state index contributed by atoms with van der Waals surface area (Å²) in [5.41, 5.74) is 6.68. The van der Waals surface area contributed by atoms with E-state index in [9.17, 15) is 0 Å². The van der Waals surface area contributed by atoms with E-state index in [-0.39, 0.29) is 0 Å². The molecule has 0 fully saturated rings. The molecule has 0 aliphatic rings. The quantitative estimate of drug-likeness (QED) is 0.586. The van der Waals surface area contributed by atoms with Crippen molar-refractivity contribution in [1.82, 2.24) is 0 Å². The van der Waals surface area contributed by atoms with Crippen LogP contribution in [0.4, 0.5) is 0 Å². The van der Waals surface area contributed by atoms with Crippen LogP contribution in [0.5, 0.6) is 0 Å². The van der Waals surface area contributed by atoms with Crippen molar-refractivity contribution in [2.24, 2.45) is 5.73 Å². The maximum Gasteiger partial charge on any atom is -0.00367 e. The van der Waals surface area contributed by atoms with Gasteiger partial charge in [-0.3, -0.25) is 0 Å². The molecule has 1 aromatic carbocycles. The first-order valence-corrected chi connectivity index (χ1v) is 3.17. The molecule has 1 rings (SSSR count). The minimum absolute atomic E-state index is 0.740. The van der Waals surface area contributed by atoms with Gasteiger partial charge in [-0.05, 0) is 18.5 Å². The Morgan fingerprint density at radius 3 is 2.33 bits per heavy atom. The summed E-state index contributed by atoms with van der Waals surface area (Å²) >= 11 is 0. The molecule has 0 heterocycles. The van der Waals surface area contributed by atoms with Gasteiger partial charge in [-0.1, -0.05) is 30.3 Å². The van der Waals surface area contributed by atoms with E-state index in [1.165, 1.54) is 5.56 Å². The monoisotopic (exact) mass is 122 g/mol. The first kappa shape index (κ1) is 6.30. The molecule has 0 saturated heterocycles. The van der Waals surface area contributed by atoms with Crippen molar-refractivity contribution in [3.63, 3.8) is 0 Å². The smallest absolute Gasteiger partial charge is 0.00367 e. The van der Waals surface area contributed by atoms with E-state index in [0.717, 1.165) is 13.0 Å². The zero-order valence-electron chi connectivity index (χ0n) is 5.38. The number of benzene rings is 1. The molecule has 0 spiro atoms. The predicted octanol–water partition coefficient (Wildman–Crippen LogP) is 1.19. The van der Waals surface area contributed by atoms with Crippen molar-refractivity contribution in [3.8, 4) is 0 Å². The molecule has 0 saturated carbocycles. The molecule has 1 heteroatoms. The fourth-order valence-electron chi connectivity index (χ4n) is 0.811. The minimum atomic E-state index is 0.740. The molecule has 0 aromatic heterocycles. The molecule has 48 valence electrons. The highest BCUT2D eigenvalue weighted by molar-refractivity contribution is 5.14. The van der Waals surface area contributed by atoms with Gasteiger partial charge in [0.15, 0.2) is 0 Å². The van der Waals surface area contributed by atoms with Gasteiger partial charge in [-0.2, -0.15) is 0 Å². The molecule has 1 aromatic rings. The Hall–Kier alpha value is -0.820. The van der Waals surface area contributed by atoms with Gasteiger partial charge in [0.05, 0.1) is 0 Å². The van der Waals surface area contributed by atoms with Gasteiger partial charge in [0.2, 0.25) is 0 Å². The molecule has 9 heavy (non-hydrogen) atoms. The Morgan fingerprint density at radius 2 is 1.78 bits per heavy atom. The van der Waals surface area contributed by atoms with Crippen LogP contribution in [0, 0.1) is 0 Å². The lowest BCUT2D eigenvalue weighted by atomic mass is 10.3. The zero-order chi connectivity index (χ0) is 6.53. The average Bonchev–Trinajstić information content (AvgIpc) is 1.91. The zero-order valence-corrected chi connectivity index (χ0v) is 5.38. The summed E-state index contributed by atoms with van der Waals surface area (Å²) in [5.74, 6) is 0. The van der Waals surface area contributed by atoms with Crippen molar-refractivity contribution in [2.75, 3.05) is 6.54 Å².